The monoisotopic (exact) mass is 1170 g/mol. The van der Waals surface area contributed by atoms with Gasteiger partial charge in [-0.25, -0.2) is 4.98 Å². The summed E-state index contributed by atoms with van der Waals surface area (Å²) in [5.41, 5.74) is 22.0. The van der Waals surface area contributed by atoms with E-state index in [9.17, 15) is 19.2 Å². The zero-order chi connectivity index (χ0) is 63.1. The number of nitrogens with zero attached hydrogens (tertiary/aromatic N) is 3. The van der Waals surface area contributed by atoms with Crippen molar-refractivity contribution in [3.8, 4) is 5.75 Å². The van der Waals surface area contributed by atoms with E-state index >= 15 is 0 Å². The van der Waals surface area contributed by atoms with Crippen LogP contribution in [0.15, 0.2) is 115 Å². The van der Waals surface area contributed by atoms with E-state index in [2.05, 4.69) is 59.9 Å². The van der Waals surface area contributed by atoms with Gasteiger partial charge in [0.25, 0.3) is 0 Å². The number of carbonyl (C=O) groups excluding carboxylic acids is 4. The molecule has 16 heteroatoms. The molecule has 0 aliphatic rings. The summed E-state index contributed by atoms with van der Waals surface area (Å²) < 4.78 is 11.4. The number of hydrogen-bond donors (Lipinski definition) is 7. The zero-order valence-electron chi connectivity index (χ0n) is 53.4. The Kier molecular flexibility index (Phi) is 20.4. The van der Waals surface area contributed by atoms with Gasteiger partial charge in [0.05, 0.1) is 35.6 Å². The number of imidazole rings is 1. The van der Waals surface area contributed by atoms with Crippen LogP contribution in [-0.4, -0.2) is 111 Å². The number of aryl methyl sites for hydroxylation is 1. The maximum atomic E-state index is 12.4. The number of H-pyrrole nitrogens is 5. The molecule has 0 aliphatic carbocycles. The second-order valence-corrected chi connectivity index (χ2v) is 26.9. The molecular weight excluding hydrogens is 1080 g/mol. The summed E-state index contributed by atoms with van der Waals surface area (Å²) in [5, 5.41) is 4.18. The molecule has 0 spiro atoms. The van der Waals surface area contributed by atoms with E-state index in [-0.39, 0.29) is 44.8 Å². The van der Waals surface area contributed by atoms with Gasteiger partial charge in [0.2, 0.25) is 0 Å². The second kappa shape index (κ2) is 26.9. The summed E-state index contributed by atoms with van der Waals surface area (Å²) in [6.07, 6.45) is 2.00. The minimum Gasteiger partial charge on any atom is -0.487 e. The summed E-state index contributed by atoms with van der Waals surface area (Å²) in [4.78, 5) is 74.6. The number of nitrogens with two attached hydrogens (primary N) is 2. The molecule has 0 radical (unpaired) electrons. The topological polar surface area (TPSA) is 237 Å². The number of fused-ring (bicyclic) bond motifs is 6. The molecule has 0 saturated carbocycles. The molecule has 0 aliphatic heterocycles. The fourth-order valence-electron chi connectivity index (χ4n) is 9.49. The molecule has 0 amide bonds. The number of likely N-dealkylation sites (N-methyl/N-ethyl adjacent to an activating group) is 1. The van der Waals surface area contributed by atoms with Crippen LogP contribution in [-0.2, 0) is 24.4 Å². The number of Topliss-reactive ketones (excluding diaryl/α,β-unsaturated/α-hetero) is 4. The lowest BCUT2D eigenvalue weighted by atomic mass is 9.86. The third-order valence-corrected chi connectivity index (χ3v) is 14.3. The van der Waals surface area contributed by atoms with Gasteiger partial charge in [-0.3, -0.25) is 19.2 Å². The standard InChI is InChI=1S/C20H22N2O2.C18H26N2O2.C17H25N3O.C15H17N3O/c1-20(2,3)19(23)13-4-9-18-14(10-13)11-16(22-18)12-24-17-7-5-15(21)6-8-17;1-18(2,3)17(21)13-6-7-16-14(10-13)11-15(19-16)12-22-9-8-20(4)5;1-17(2,3)16(21)12-8-9-13-14(11-12)19-15(18-13)7-6-10-20(4)5;1-15(2,3)13(19)12-7-10-9-5-4-8(16)6-11(9)17-14(10)18-12/h4-11,22H,12,21H2,1-3H3;6-7,10-11,19H,8-9,12H2,1-5H3;8-9,11H,6-7,10H2,1-5H3,(H,18,19);4-7,17-18H,16H2,1-3H3. The van der Waals surface area contributed by atoms with Crippen molar-refractivity contribution in [2.45, 2.75) is 109 Å². The Hall–Kier alpha value is -8.31. The molecular formula is C70H90N10O6. The quantitative estimate of drug-likeness (QED) is 0.0273. The van der Waals surface area contributed by atoms with E-state index in [0.717, 1.165) is 126 Å². The molecule has 10 rings (SSSR count). The van der Waals surface area contributed by atoms with Crippen LogP contribution < -0.4 is 16.2 Å². The number of benzene rings is 5. The van der Waals surface area contributed by atoms with Crippen LogP contribution in [0.4, 0.5) is 11.4 Å². The van der Waals surface area contributed by atoms with Crippen molar-refractivity contribution in [3.63, 3.8) is 0 Å². The van der Waals surface area contributed by atoms with Gasteiger partial charge < -0.3 is 55.7 Å². The highest BCUT2D eigenvalue weighted by Gasteiger charge is 2.27. The van der Waals surface area contributed by atoms with Crippen molar-refractivity contribution in [2.24, 2.45) is 21.7 Å². The number of ether oxygens (including phenoxy) is 2. The molecule has 5 aromatic heterocycles. The van der Waals surface area contributed by atoms with E-state index in [0.29, 0.717) is 31.2 Å². The molecule has 0 atom stereocenters. The first-order valence-corrected chi connectivity index (χ1v) is 29.4. The van der Waals surface area contributed by atoms with Crippen molar-refractivity contribution >= 4 is 89.3 Å². The minimum atomic E-state index is -0.386. The molecule has 0 unspecified atom stereocenters. The van der Waals surface area contributed by atoms with Crippen LogP contribution in [0.1, 0.15) is 148 Å². The van der Waals surface area contributed by atoms with Crippen molar-refractivity contribution in [2.75, 3.05) is 59.4 Å². The van der Waals surface area contributed by atoms with Crippen molar-refractivity contribution in [1.29, 1.82) is 0 Å². The number of rotatable bonds is 16. The summed E-state index contributed by atoms with van der Waals surface area (Å²) in [6.45, 7) is 26.9. The van der Waals surface area contributed by atoms with Crippen LogP contribution in [0.3, 0.4) is 0 Å². The highest BCUT2D eigenvalue weighted by molar-refractivity contribution is 6.11. The molecule has 456 valence electrons. The number of aromatic nitrogens is 6. The Morgan fingerprint density at radius 1 is 0.477 bits per heavy atom. The van der Waals surface area contributed by atoms with E-state index in [1.807, 2.05) is 206 Å². The molecule has 86 heavy (non-hydrogen) atoms. The molecule has 0 fully saturated rings. The Morgan fingerprint density at radius 3 is 1.52 bits per heavy atom. The number of nitrogens with one attached hydrogen (secondary N) is 5. The largest absolute Gasteiger partial charge is 0.487 e. The predicted molar refractivity (Wildman–Crippen MR) is 353 cm³/mol. The first-order chi connectivity index (χ1) is 40.2. The predicted octanol–water partition coefficient (Wildman–Crippen LogP) is 14.8. The molecule has 0 bridgehead atoms. The molecule has 0 saturated heterocycles. The Morgan fingerprint density at radius 2 is 0.988 bits per heavy atom. The summed E-state index contributed by atoms with van der Waals surface area (Å²) in [7, 11) is 8.20. The maximum absolute atomic E-state index is 12.4. The zero-order valence-corrected chi connectivity index (χ0v) is 53.4. The van der Waals surface area contributed by atoms with Gasteiger partial charge in [-0.15, -0.1) is 0 Å². The van der Waals surface area contributed by atoms with Gasteiger partial charge in [-0.2, -0.15) is 0 Å². The fourth-order valence-corrected chi connectivity index (χ4v) is 9.49. The average molecular weight is 1170 g/mol. The van der Waals surface area contributed by atoms with Crippen LogP contribution in [0.5, 0.6) is 5.75 Å². The van der Waals surface area contributed by atoms with Crippen LogP contribution in [0.2, 0.25) is 0 Å². The van der Waals surface area contributed by atoms with Crippen molar-refractivity contribution in [3.05, 3.63) is 155 Å². The molecule has 16 nitrogen and oxygen atoms in total. The normalized spacial score (nSPS) is 12.1. The number of hydrogen-bond acceptors (Lipinski definition) is 11. The number of ketones is 4. The van der Waals surface area contributed by atoms with Gasteiger partial charge in [0.1, 0.15) is 23.8 Å². The smallest absolute Gasteiger partial charge is 0.184 e. The lowest BCUT2D eigenvalue weighted by Gasteiger charge is -2.16. The van der Waals surface area contributed by atoms with Gasteiger partial charge >= 0.3 is 0 Å². The highest BCUT2D eigenvalue weighted by Crippen LogP contribution is 2.31. The van der Waals surface area contributed by atoms with Gasteiger partial charge in [0, 0.05) is 106 Å². The van der Waals surface area contributed by atoms with Gasteiger partial charge in [-0.05, 0) is 150 Å². The number of nitrogen functional groups attached to an aromatic ring is 2. The molecule has 10 aromatic rings. The number of carbonyl (C=O) groups is 4. The average Bonchev–Trinajstić information content (AvgIpc) is 1.86. The Balaban J connectivity index is 0.000000165. The lowest BCUT2D eigenvalue weighted by molar-refractivity contribution is 0.0849. The lowest BCUT2D eigenvalue weighted by Crippen LogP contribution is -2.20. The number of anilines is 2. The summed E-state index contributed by atoms with van der Waals surface area (Å²) >= 11 is 0. The van der Waals surface area contributed by atoms with Crippen molar-refractivity contribution in [1.82, 2.24) is 39.7 Å². The molecule has 5 heterocycles. The van der Waals surface area contributed by atoms with E-state index in [1.165, 1.54) is 0 Å². The summed E-state index contributed by atoms with van der Waals surface area (Å²) in [6, 6.07) is 36.4. The molecule has 9 N–H and O–H groups in total. The van der Waals surface area contributed by atoms with Crippen LogP contribution in [0.25, 0.3) is 54.8 Å². The SMILES string of the molecule is CC(C)(C)C(=O)c1cc2c([nH]1)[nH]c1cc(N)ccc12.CC(C)(C)C(=O)c1ccc2[nH]c(COc3ccc(N)cc3)cc2c1.CN(C)CCCc1nc2ccc(C(=O)C(C)(C)C)cc2[nH]1.CN(C)CCOCc1cc2cc(C(=O)C(C)(C)C)ccc2[nH]1. The first-order valence-electron chi connectivity index (χ1n) is 29.4. The van der Waals surface area contributed by atoms with Crippen molar-refractivity contribution < 1.29 is 28.7 Å². The van der Waals surface area contributed by atoms with E-state index in [1.54, 1.807) is 0 Å². The first kappa shape index (κ1) is 65.2. The fraction of sp³-hybridized carbons (Fsp3) is 0.386. The minimum absolute atomic E-state index is 0.112. The third-order valence-electron chi connectivity index (χ3n) is 14.3. The van der Waals surface area contributed by atoms with Crippen LogP contribution >= 0.6 is 0 Å². The van der Waals surface area contributed by atoms with E-state index in [4.69, 9.17) is 20.9 Å². The Labute approximate surface area is 506 Å². The second-order valence-electron chi connectivity index (χ2n) is 26.9. The summed E-state index contributed by atoms with van der Waals surface area (Å²) in [5.74, 6) is 2.34. The maximum Gasteiger partial charge on any atom is 0.184 e. The third kappa shape index (κ3) is 17.4. The number of aromatic amines is 5. The Bertz CT molecular complexity index is 3970. The molecule has 5 aromatic carbocycles. The van der Waals surface area contributed by atoms with Gasteiger partial charge in [0.15, 0.2) is 23.1 Å². The van der Waals surface area contributed by atoms with Crippen LogP contribution in [0, 0.1) is 21.7 Å². The highest BCUT2D eigenvalue weighted by atomic mass is 16.5. The van der Waals surface area contributed by atoms with E-state index < -0.39 is 0 Å². The van der Waals surface area contributed by atoms with Gasteiger partial charge in [-0.1, -0.05) is 89.2 Å².